The molecule has 24 heavy (non-hydrogen) atoms. The lowest BCUT2D eigenvalue weighted by Crippen LogP contribution is -2.24. The topological polar surface area (TPSA) is 87.0 Å². The highest BCUT2D eigenvalue weighted by Gasteiger charge is 2.12. The molecule has 0 fully saturated rings. The Hall–Kier alpha value is -2.50. The van der Waals surface area contributed by atoms with Crippen LogP contribution in [0.1, 0.15) is 5.56 Å². The van der Waals surface area contributed by atoms with Gasteiger partial charge in [-0.15, -0.1) is 6.42 Å². The van der Waals surface area contributed by atoms with Gasteiger partial charge in [0.15, 0.2) is 6.79 Å². The summed E-state index contributed by atoms with van der Waals surface area (Å²) in [5.41, 5.74) is 0.237. The minimum absolute atomic E-state index is 0.0481. The molecule has 0 aliphatic heterocycles. The molecular weight excluding hydrogens is 382 g/mol. The highest BCUT2D eigenvalue weighted by atomic mass is 79.9. The van der Waals surface area contributed by atoms with Gasteiger partial charge in [0, 0.05) is 30.2 Å². The average molecular weight is 396 g/mol. The number of carbonyl (C=O) groups excluding carboxylic acids is 1. The highest BCUT2D eigenvalue weighted by molar-refractivity contribution is 9.10. The number of fused-ring (bicyclic) bond motifs is 1. The number of methoxy groups -OCH3 is 1. The molecule has 2 aromatic rings. The van der Waals surface area contributed by atoms with Crippen LogP contribution in [0.4, 0.5) is 4.79 Å². The minimum atomic E-state index is -0.673. The predicted molar refractivity (Wildman–Crippen MR) is 89.7 cm³/mol. The third-order valence-electron chi connectivity index (χ3n) is 2.91. The second kappa shape index (κ2) is 8.38. The van der Waals surface area contributed by atoms with Crippen LogP contribution in [-0.4, -0.2) is 26.5 Å². The molecule has 0 bridgehead atoms. The largest absolute Gasteiger partial charge is 0.466 e. The van der Waals surface area contributed by atoms with Crippen molar-refractivity contribution in [2.45, 2.75) is 6.61 Å². The highest BCUT2D eigenvalue weighted by Crippen LogP contribution is 2.31. The lowest BCUT2D eigenvalue weighted by atomic mass is 10.1. The number of hydrogen-bond acceptors (Lipinski definition) is 6. The molecule has 0 aliphatic carbocycles. The van der Waals surface area contributed by atoms with Crippen LogP contribution in [0.15, 0.2) is 31.9 Å². The summed E-state index contributed by atoms with van der Waals surface area (Å²) in [6.45, 7) is -0.00202. The first-order valence-corrected chi connectivity index (χ1v) is 7.56. The van der Waals surface area contributed by atoms with Crippen LogP contribution in [0.5, 0.6) is 5.75 Å². The van der Waals surface area contributed by atoms with Crippen LogP contribution in [0.25, 0.3) is 11.0 Å². The molecule has 0 unspecified atom stereocenters. The number of amides is 1. The van der Waals surface area contributed by atoms with Crippen molar-refractivity contribution in [1.29, 1.82) is 0 Å². The van der Waals surface area contributed by atoms with Crippen LogP contribution >= 0.6 is 15.9 Å². The maximum atomic E-state index is 11.7. The van der Waals surface area contributed by atoms with Crippen LogP contribution < -0.4 is 15.7 Å². The molecule has 0 atom stereocenters. The van der Waals surface area contributed by atoms with Gasteiger partial charge in [-0.1, -0.05) is 5.92 Å². The Balaban J connectivity index is 2.30. The quantitative estimate of drug-likeness (QED) is 0.459. The van der Waals surface area contributed by atoms with E-state index in [1.165, 1.54) is 13.2 Å². The van der Waals surface area contributed by atoms with Crippen molar-refractivity contribution < 1.29 is 23.4 Å². The van der Waals surface area contributed by atoms with Gasteiger partial charge in [0.25, 0.3) is 0 Å². The van der Waals surface area contributed by atoms with Gasteiger partial charge >= 0.3 is 11.7 Å². The van der Waals surface area contributed by atoms with Crippen molar-refractivity contribution in [2.75, 3.05) is 20.4 Å². The van der Waals surface area contributed by atoms with Crippen molar-refractivity contribution in [2.24, 2.45) is 0 Å². The third kappa shape index (κ3) is 4.50. The number of ether oxygens (including phenoxy) is 3. The fourth-order valence-corrected chi connectivity index (χ4v) is 2.36. The third-order valence-corrected chi connectivity index (χ3v) is 3.53. The van der Waals surface area contributed by atoms with E-state index in [9.17, 15) is 9.59 Å². The van der Waals surface area contributed by atoms with E-state index >= 15 is 0 Å². The van der Waals surface area contributed by atoms with Crippen LogP contribution in [0.2, 0.25) is 0 Å². The van der Waals surface area contributed by atoms with Crippen molar-refractivity contribution in [3.8, 4) is 18.1 Å². The van der Waals surface area contributed by atoms with Crippen LogP contribution in [0, 0.1) is 12.3 Å². The Bertz CT molecular complexity index is 839. The normalized spacial score (nSPS) is 10.2. The molecule has 1 heterocycles. The van der Waals surface area contributed by atoms with Gasteiger partial charge in [-0.2, -0.15) is 0 Å². The molecule has 1 amide bonds. The van der Waals surface area contributed by atoms with E-state index < -0.39 is 11.7 Å². The van der Waals surface area contributed by atoms with Crippen molar-refractivity contribution >= 4 is 33.0 Å². The summed E-state index contributed by atoms with van der Waals surface area (Å²) in [6.07, 6.45) is 4.37. The molecule has 1 aromatic heterocycles. The summed E-state index contributed by atoms with van der Waals surface area (Å²) < 4.78 is 21.1. The van der Waals surface area contributed by atoms with E-state index in [1.54, 1.807) is 12.1 Å². The molecule has 1 aromatic carbocycles. The monoisotopic (exact) mass is 395 g/mol. The molecule has 126 valence electrons. The second-order valence-electron chi connectivity index (χ2n) is 4.55. The summed E-state index contributed by atoms with van der Waals surface area (Å²) in [5, 5.41) is 2.97. The molecule has 8 heteroatoms. The van der Waals surface area contributed by atoms with Crippen LogP contribution in [0.3, 0.4) is 0 Å². The zero-order valence-corrected chi connectivity index (χ0v) is 14.3. The van der Waals surface area contributed by atoms with Gasteiger partial charge in [-0.05, 0) is 22.0 Å². The smallest absolute Gasteiger partial charge is 0.408 e. The summed E-state index contributed by atoms with van der Waals surface area (Å²) >= 11 is 3.37. The van der Waals surface area contributed by atoms with E-state index in [2.05, 4.69) is 27.2 Å². The summed E-state index contributed by atoms with van der Waals surface area (Å²) in [6, 6.07) is 4.53. The van der Waals surface area contributed by atoms with E-state index in [1.807, 2.05) is 0 Å². The Morgan fingerprint density at radius 2 is 2.21 bits per heavy atom. The number of halogens is 1. The fourth-order valence-electron chi connectivity index (χ4n) is 1.90. The summed E-state index contributed by atoms with van der Waals surface area (Å²) in [5.74, 6) is 2.71. The van der Waals surface area contributed by atoms with E-state index in [-0.39, 0.29) is 19.9 Å². The first-order valence-electron chi connectivity index (χ1n) is 6.77. The number of alkyl carbamates (subject to hydrolysis) is 1. The summed E-state index contributed by atoms with van der Waals surface area (Å²) in [7, 11) is 1.50. The molecule has 0 radical (unpaired) electrons. The number of nitrogens with one attached hydrogen (secondary N) is 1. The van der Waals surface area contributed by atoms with Gasteiger partial charge < -0.3 is 23.9 Å². The second-order valence-corrected chi connectivity index (χ2v) is 5.41. The molecule has 1 N–H and O–H groups in total. The molecule has 2 rings (SSSR count). The number of terminal acetylenes is 1. The van der Waals surface area contributed by atoms with Gasteiger partial charge in [0.05, 0.1) is 11.0 Å². The van der Waals surface area contributed by atoms with Gasteiger partial charge in [0.1, 0.15) is 17.9 Å². The Labute approximate surface area is 146 Å². The number of benzene rings is 1. The Kier molecular flexibility index (Phi) is 6.23. The predicted octanol–water partition coefficient (Wildman–Crippen LogP) is 2.40. The van der Waals surface area contributed by atoms with Crippen molar-refractivity contribution in [3.05, 3.63) is 38.7 Å². The number of carbonyl (C=O) groups is 1. The maximum Gasteiger partial charge on any atom is 0.408 e. The van der Waals surface area contributed by atoms with Crippen molar-refractivity contribution in [1.82, 2.24) is 5.32 Å². The average Bonchev–Trinajstić information content (AvgIpc) is 2.56. The molecule has 0 spiro atoms. The number of rotatable bonds is 6. The van der Waals surface area contributed by atoms with Gasteiger partial charge in [-0.3, -0.25) is 0 Å². The zero-order chi connectivity index (χ0) is 17.5. The lowest BCUT2D eigenvalue weighted by molar-refractivity contribution is 0.0506. The van der Waals surface area contributed by atoms with E-state index in [4.69, 9.17) is 25.1 Å². The fraction of sp³-hybridized carbons (Fsp3) is 0.250. The lowest BCUT2D eigenvalue weighted by Gasteiger charge is -2.11. The summed E-state index contributed by atoms with van der Waals surface area (Å²) in [4.78, 5) is 23.2. The molecule has 0 saturated heterocycles. The molecule has 0 saturated carbocycles. The zero-order valence-electron chi connectivity index (χ0n) is 12.8. The van der Waals surface area contributed by atoms with Crippen LogP contribution in [-0.2, 0) is 16.1 Å². The first-order chi connectivity index (χ1) is 11.5. The molecule has 7 nitrogen and oxygen atoms in total. The maximum absolute atomic E-state index is 11.7. The SMILES string of the molecule is C#CCNC(=O)OCc1cc(=O)oc2cc(OCOC)c(Br)cc12. The minimum Gasteiger partial charge on any atom is -0.466 e. The van der Waals surface area contributed by atoms with Gasteiger partial charge in [0.2, 0.25) is 0 Å². The Morgan fingerprint density at radius 1 is 1.42 bits per heavy atom. The van der Waals surface area contributed by atoms with E-state index in [0.29, 0.717) is 26.8 Å². The number of hydrogen-bond donors (Lipinski definition) is 1. The molecule has 0 aliphatic rings. The van der Waals surface area contributed by atoms with Crippen molar-refractivity contribution in [3.63, 3.8) is 0 Å². The Morgan fingerprint density at radius 3 is 2.92 bits per heavy atom. The first kappa shape index (κ1) is 17.8. The standard InChI is InChI=1S/C16H14BrNO6/c1-3-4-18-16(20)22-8-10-5-15(19)24-13-7-14(23-9-21-2)12(17)6-11(10)13/h1,5-7H,4,8-9H2,2H3,(H,18,20). The molecular formula is C16H14BrNO6. The van der Waals surface area contributed by atoms with E-state index in [0.717, 1.165) is 0 Å². The van der Waals surface area contributed by atoms with Gasteiger partial charge in [-0.25, -0.2) is 9.59 Å².